The van der Waals surface area contributed by atoms with Crippen LogP contribution in [0.15, 0.2) is 54.2 Å². The van der Waals surface area contributed by atoms with Crippen LogP contribution in [-0.2, 0) is 11.2 Å². The number of nitrogens with one attached hydrogen (secondary N) is 2. The first-order valence-corrected chi connectivity index (χ1v) is 11.6. The summed E-state index contributed by atoms with van der Waals surface area (Å²) in [7, 11) is 3.39. The molecule has 1 atom stereocenters. The van der Waals surface area contributed by atoms with Gasteiger partial charge in [0.15, 0.2) is 0 Å². The summed E-state index contributed by atoms with van der Waals surface area (Å²) >= 11 is 1.70. The van der Waals surface area contributed by atoms with E-state index in [0.717, 1.165) is 24.0 Å². The summed E-state index contributed by atoms with van der Waals surface area (Å²) in [6.45, 7) is 0.975. The first-order chi connectivity index (χ1) is 15.5. The number of carbonyl (C=O) groups excluding carboxylic acids is 2. The van der Waals surface area contributed by atoms with E-state index >= 15 is 0 Å². The number of hydrogen-bond acceptors (Lipinski definition) is 6. The molecule has 2 aromatic heterocycles. The predicted molar refractivity (Wildman–Crippen MR) is 127 cm³/mol. The molecule has 1 aliphatic heterocycles. The summed E-state index contributed by atoms with van der Waals surface area (Å²) in [5, 5.41) is 7.76. The molecule has 8 heteroatoms. The first-order valence-electron chi connectivity index (χ1n) is 10.7. The summed E-state index contributed by atoms with van der Waals surface area (Å²) < 4.78 is 0. The molecule has 2 amide bonds. The third-order valence-electron chi connectivity index (χ3n) is 5.97. The van der Waals surface area contributed by atoms with Crippen molar-refractivity contribution < 1.29 is 9.59 Å². The summed E-state index contributed by atoms with van der Waals surface area (Å²) in [4.78, 5) is 37.5. The Morgan fingerprint density at radius 2 is 1.97 bits per heavy atom. The molecule has 0 saturated carbocycles. The van der Waals surface area contributed by atoms with Gasteiger partial charge < -0.3 is 15.5 Å². The SMILES string of the molecule is CNC(=O)[C@@]1(Cc2cccc(-c3cccs3)c2)CCCN(C(=O)c2cnc(NC)nc2)C1. The van der Waals surface area contributed by atoms with Crippen LogP contribution in [0.25, 0.3) is 10.4 Å². The zero-order valence-corrected chi connectivity index (χ0v) is 19.1. The minimum absolute atomic E-state index is 0.0293. The highest BCUT2D eigenvalue weighted by molar-refractivity contribution is 7.13. The summed E-state index contributed by atoms with van der Waals surface area (Å²) in [6.07, 6.45) is 5.13. The molecular formula is C24H27N5O2S. The van der Waals surface area contributed by atoms with E-state index in [1.807, 2.05) is 12.1 Å². The number of aromatic nitrogens is 2. The normalized spacial score (nSPS) is 18.2. The Labute approximate surface area is 191 Å². The van der Waals surface area contributed by atoms with Crippen LogP contribution < -0.4 is 10.6 Å². The van der Waals surface area contributed by atoms with Gasteiger partial charge in [0.25, 0.3) is 5.91 Å². The highest BCUT2D eigenvalue weighted by Gasteiger charge is 2.43. The summed E-state index contributed by atoms with van der Waals surface area (Å²) in [6, 6.07) is 12.5. The molecule has 3 heterocycles. The van der Waals surface area contributed by atoms with E-state index in [-0.39, 0.29) is 11.8 Å². The molecular weight excluding hydrogens is 422 g/mol. The number of piperidine rings is 1. The van der Waals surface area contributed by atoms with Gasteiger partial charge in [0, 0.05) is 44.5 Å². The lowest BCUT2D eigenvalue weighted by atomic mass is 9.74. The van der Waals surface area contributed by atoms with Gasteiger partial charge in [-0.25, -0.2) is 9.97 Å². The fourth-order valence-electron chi connectivity index (χ4n) is 4.40. The zero-order valence-electron chi connectivity index (χ0n) is 18.3. The van der Waals surface area contributed by atoms with Gasteiger partial charge in [-0.2, -0.15) is 0 Å². The van der Waals surface area contributed by atoms with Gasteiger partial charge in [-0.05, 0) is 41.8 Å². The van der Waals surface area contributed by atoms with E-state index in [0.29, 0.717) is 31.0 Å². The molecule has 1 saturated heterocycles. The summed E-state index contributed by atoms with van der Waals surface area (Å²) in [5.41, 5.74) is 1.99. The van der Waals surface area contributed by atoms with Crippen molar-refractivity contribution in [2.75, 3.05) is 32.5 Å². The smallest absolute Gasteiger partial charge is 0.257 e. The Balaban J connectivity index is 1.59. The van der Waals surface area contributed by atoms with E-state index in [4.69, 9.17) is 0 Å². The highest BCUT2D eigenvalue weighted by Crippen LogP contribution is 2.36. The number of likely N-dealkylation sites (tertiary alicyclic amines) is 1. The monoisotopic (exact) mass is 449 g/mol. The lowest BCUT2D eigenvalue weighted by Gasteiger charge is -2.41. The van der Waals surface area contributed by atoms with Gasteiger partial charge in [-0.1, -0.05) is 30.3 Å². The fraction of sp³-hybridized carbons (Fsp3) is 0.333. The van der Waals surface area contributed by atoms with Crippen molar-refractivity contribution in [3.05, 3.63) is 65.3 Å². The molecule has 1 aromatic carbocycles. The molecule has 0 radical (unpaired) electrons. The predicted octanol–water partition coefficient (Wildman–Crippen LogP) is 3.46. The van der Waals surface area contributed by atoms with E-state index in [1.165, 1.54) is 17.3 Å². The molecule has 0 bridgehead atoms. The number of rotatable bonds is 6. The van der Waals surface area contributed by atoms with Gasteiger partial charge in [0.2, 0.25) is 11.9 Å². The number of hydrogen-bond donors (Lipinski definition) is 2. The van der Waals surface area contributed by atoms with Crippen LogP contribution in [0.2, 0.25) is 0 Å². The van der Waals surface area contributed by atoms with Crippen LogP contribution >= 0.6 is 11.3 Å². The van der Waals surface area contributed by atoms with Crippen LogP contribution in [0, 0.1) is 5.41 Å². The van der Waals surface area contributed by atoms with Crippen LogP contribution in [0.4, 0.5) is 5.95 Å². The quantitative estimate of drug-likeness (QED) is 0.602. The zero-order chi connectivity index (χ0) is 22.6. The van der Waals surface area contributed by atoms with Crippen molar-refractivity contribution >= 4 is 29.1 Å². The van der Waals surface area contributed by atoms with Gasteiger partial charge in [0.1, 0.15) is 0 Å². The minimum atomic E-state index is -0.678. The van der Waals surface area contributed by atoms with E-state index in [1.54, 1.807) is 30.3 Å². The number of anilines is 1. The minimum Gasteiger partial charge on any atom is -0.359 e. The third kappa shape index (κ3) is 4.50. The molecule has 7 nitrogen and oxygen atoms in total. The maximum absolute atomic E-state index is 13.2. The number of carbonyl (C=O) groups is 2. The van der Waals surface area contributed by atoms with Crippen LogP contribution in [-0.4, -0.2) is 53.9 Å². The second-order valence-corrected chi connectivity index (χ2v) is 9.04. The molecule has 2 N–H and O–H groups in total. The molecule has 32 heavy (non-hydrogen) atoms. The van der Waals surface area contributed by atoms with Crippen molar-refractivity contribution in [2.45, 2.75) is 19.3 Å². The molecule has 0 spiro atoms. The topological polar surface area (TPSA) is 87.2 Å². The number of amides is 2. The Bertz CT molecular complexity index is 1080. The van der Waals surface area contributed by atoms with Crippen molar-refractivity contribution in [1.82, 2.24) is 20.2 Å². The lowest BCUT2D eigenvalue weighted by molar-refractivity contribution is -0.133. The van der Waals surface area contributed by atoms with Crippen molar-refractivity contribution in [2.24, 2.45) is 5.41 Å². The highest BCUT2D eigenvalue weighted by atomic mass is 32.1. The molecule has 166 valence electrons. The molecule has 4 rings (SSSR count). The average Bonchev–Trinajstić information content (AvgIpc) is 3.38. The van der Waals surface area contributed by atoms with Gasteiger partial charge >= 0.3 is 0 Å². The van der Waals surface area contributed by atoms with E-state index in [9.17, 15) is 9.59 Å². The fourth-order valence-corrected chi connectivity index (χ4v) is 5.12. The van der Waals surface area contributed by atoms with Crippen LogP contribution in [0.5, 0.6) is 0 Å². The number of nitrogens with zero attached hydrogens (tertiary/aromatic N) is 3. The summed E-state index contributed by atoms with van der Waals surface area (Å²) in [5.74, 6) is 0.289. The second kappa shape index (κ2) is 9.48. The maximum atomic E-state index is 13.2. The largest absolute Gasteiger partial charge is 0.359 e. The third-order valence-corrected chi connectivity index (χ3v) is 6.89. The Hall–Kier alpha value is -3.26. The lowest BCUT2D eigenvalue weighted by Crippen LogP contribution is -2.54. The van der Waals surface area contributed by atoms with E-state index in [2.05, 4.69) is 50.2 Å². The van der Waals surface area contributed by atoms with Crippen molar-refractivity contribution in [3.63, 3.8) is 0 Å². The average molecular weight is 450 g/mol. The Morgan fingerprint density at radius 1 is 1.16 bits per heavy atom. The maximum Gasteiger partial charge on any atom is 0.257 e. The molecule has 3 aromatic rings. The van der Waals surface area contributed by atoms with Gasteiger partial charge in [-0.15, -0.1) is 11.3 Å². The molecule has 0 unspecified atom stereocenters. The Kier molecular flexibility index (Phi) is 6.50. The first kappa shape index (κ1) is 22.0. The Morgan fingerprint density at radius 3 is 2.66 bits per heavy atom. The molecule has 1 aliphatic rings. The van der Waals surface area contributed by atoms with E-state index < -0.39 is 5.41 Å². The second-order valence-electron chi connectivity index (χ2n) is 8.09. The van der Waals surface area contributed by atoms with Crippen LogP contribution in [0.1, 0.15) is 28.8 Å². The number of benzene rings is 1. The van der Waals surface area contributed by atoms with Crippen molar-refractivity contribution in [1.29, 1.82) is 0 Å². The standard InChI is InChI=1S/C24H27N5O2S/c1-25-22(31)24(13-17-6-3-7-18(12-17)20-8-4-11-32-20)9-5-10-29(16-24)21(30)19-14-27-23(26-2)28-15-19/h3-4,6-8,11-12,14-15H,5,9-10,13,16H2,1-2H3,(H,25,31)(H,26,27,28)/t24-/m1/s1. The number of thiophene rings is 1. The molecule has 0 aliphatic carbocycles. The van der Waals surface area contributed by atoms with Crippen LogP contribution in [0.3, 0.4) is 0 Å². The molecule has 1 fully saturated rings. The van der Waals surface area contributed by atoms with Crippen molar-refractivity contribution in [3.8, 4) is 10.4 Å². The van der Waals surface area contributed by atoms with Gasteiger partial charge in [-0.3, -0.25) is 9.59 Å². The van der Waals surface area contributed by atoms with Gasteiger partial charge in [0.05, 0.1) is 11.0 Å².